The lowest BCUT2D eigenvalue weighted by molar-refractivity contribution is -0.137. The fourth-order valence-corrected chi connectivity index (χ4v) is 3.15. The first kappa shape index (κ1) is 24.6. The third-order valence-corrected chi connectivity index (χ3v) is 4.84. The lowest BCUT2D eigenvalue weighted by Crippen LogP contribution is -2.35. The van der Waals surface area contributed by atoms with Gasteiger partial charge in [0, 0.05) is 25.5 Å². The Kier molecular flexibility index (Phi) is 7.40. The maximum atomic E-state index is 12.9. The van der Waals surface area contributed by atoms with E-state index in [1.807, 2.05) is 0 Å². The number of hydrogen-bond donors (Lipinski definition) is 2. The molecule has 0 aliphatic heterocycles. The maximum absolute atomic E-state index is 12.9. The van der Waals surface area contributed by atoms with E-state index in [9.17, 15) is 27.6 Å². The van der Waals surface area contributed by atoms with Gasteiger partial charge in [-0.2, -0.15) is 13.2 Å². The van der Waals surface area contributed by atoms with E-state index >= 15 is 0 Å². The van der Waals surface area contributed by atoms with Gasteiger partial charge in [-0.25, -0.2) is 0 Å². The monoisotopic (exact) mass is 473 g/mol. The van der Waals surface area contributed by atoms with E-state index in [0.717, 1.165) is 12.1 Å². The van der Waals surface area contributed by atoms with Gasteiger partial charge in [0.15, 0.2) is 0 Å². The number of halogens is 3. The summed E-state index contributed by atoms with van der Waals surface area (Å²) >= 11 is 0. The van der Waals surface area contributed by atoms with Crippen LogP contribution in [0.3, 0.4) is 0 Å². The molecular formula is C24H22F3N3O4. The Bertz CT molecular complexity index is 1260. The molecule has 0 unspecified atom stereocenters. The Hall–Kier alpha value is -4.08. The van der Waals surface area contributed by atoms with Gasteiger partial charge in [-0.05, 0) is 36.8 Å². The summed E-state index contributed by atoms with van der Waals surface area (Å²) in [6.07, 6.45) is -0.396. The van der Waals surface area contributed by atoms with Gasteiger partial charge in [0.2, 0.25) is 5.43 Å². The molecule has 3 rings (SSSR count). The molecule has 0 radical (unpaired) electrons. The van der Waals surface area contributed by atoms with E-state index in [0.29, 0.717) is 17.1 Å². The average Bonchev–Trinajstić information content (AvgIpc) is 3.20. The highest BCUT2D eigenvalue weighted by atomic mass is 19.4. The van der Waals surface area contributed by atoms with Gasteiger partial charge in [-0.15, -0.1) is 6.58 Å². The van der Waals surface area contributed by atoms with Crippen molar-refractivity contribution in [2.24, 2.45) is 0 Å². The van der Waals surface area contributed by atoms with Gasteiger partial charge in [0.1, 0.15) is 22.6 Å². The van der Waals surface area contributed by atoms with Crippen LogP contribution in [0.2, 0.25) is 0 Å². The lowest BCUT2D eigenvalue weighted by atomic mass is 10.1. The van der Waals surface area contributed by atoms with Crippen molar-refractivity contribution < 1.29 is 27.2 Å². The first-order chi connectivity index (χ1) is 16.1. The number of nitrogens with zero attached hydrogens (tertiary/aromatic N) is 1. The molecule has 0 fully saturated rings. The zero-order valence-corrected chi connectivity index (χ0v) is 18.2. The van der Waals surface area contributed by atoms with E-state index in [2.05, 4.69) is 17.2 Å². The topological polar surface area (TPSA) is 93.3 Å². The first-order valence-corrected chi connectivity index (χ1v) is 10.2. The van der Waals surface area contributed by atoms with Crippen LogP contribution in [0, 0.1) is 6.92 Å². The molecule has 2 amide bonds. The summed E-state index contributed by atoms with van der Waals surface area (Å²) in [5.41, 5.74) is -1.71. The molecule has 34 heavy (non-hydrogen) atoms. The summed E-state index contributed by atoms with van der Waals surface area (Å²) in [5.74, 6) is -0.219. The largest absolute Gasteiger partial charge is 0.464 e. The van der Waals surface area contributed by atoms with Gasteiger partial charge in [-0.1, -0.05) is 18.2 Å². The van der Waals surface area contributed by atoms with Crippen molar-refractivity contribution in [2.45, 2.75) is 26.2 Å². The second-order valence-electron chi connectivity index (χ2n) is 7.48. The lowest BCUT2D eigenvalue weighted by Gasteiger charge is -2.12. The molecule has 178 valence electrons. The number of aryl methyl sites for hydroxylation is 1. The number of carbonyl (C=O) groups is 2. The number of carbonyl (C=O) groups excluding carboxylic acids is 2. The normalized spacial score (nSPS) is 11.2. The minimum Gasteiger partial charge on any atom is -0.464 e. The molecule has 0 saturated carbocycles. The first-order valence-electron chi connectivity index (χ1n) is 10.2. The second-order valence-corrected chi connectivity index (χ2v) is 7.48. The van der Waals surface area contributed by atoms with Crippen LogP contribution in [0.15, 0.2) is 70.7 Å². The Morgan fingerprint density at radius 3 is 2.18 bits per heavy atom. The quantitative estimate of drug-likeness (QED) is 0.489. The summed E-state index contributed by atoms with van der Waals surface area (Å²) < 4.78 is 45.2. The highest BCUT2D eigenvalue weighted by Gasteiger charge is 2.30. The molecule has 0 saturated heterocycles. The molecule has 10 heteroatoms. The summed E-state index contributed by atoms with van der Waals surface area (Å²) in [4.78, 5) is 38.1. The SMILES string of the molecule is C=CCNC(=O)c1cn(Cc2ccc(C)o2)cc(C(=O)NCc2ccc(C(F)(F)F)cc2)c1=O. The predicted molar refractivity (Wildman–Crippen MR) is 118 cm³/mol. The van der Waals surface area contributed by atoms with Crippen LogP contribution < -0.4 is 16.1 Å². The van der Waals surface area contributed by atoms with E-state index in [4.69, 9.17) is 4.42 Å². The summed E-state index contributed by atoms with van der Waals surface area (Å²) in [7, 11) is 0. The molecule has 3 aromatic rings. The number of rotatable bonds is 8. The Morgan fingerprint density at radius 2 is 1.65 bits per heavy atom. The van der Waals surface area contributed by atoms with Gasteiger partial charge < -0.3 is 19.6 Å². The fourth-order valence-electron chi connectivity index (χ4n) is 3.15. The molecule has 0 aliphatic rings. The molecule has 0 bridgehead atoms. The summed E-state index contributed by atoms with van der Waals surface area (Å²) in [6.45, 7) is 5.45. The number of nitrogens with one attached hydrogen (secondary N) is 2. The van der Waals surface area contributed by atoms with Crippen molar-refractivity contribution in [1.29, 1.82) is 0 Å². The Labute approximate surface area is 192 Å². The molecule has 0 atom stereocenters. The van der Waals surface area contributed by atoms with Crippen molar-refractivity contribution in [3.63, 3.8) is 0 Å². The minimum atomic E-state index is -4.47. The number of hydrogen-bond acceptors (Lipinski definition) is 4. The molecule has 0 aliphatic carbocycles. The summed E-state index contributed by atoms with van der Waals surface area (Å²) in [5, 5.41) is 5.02. The zero-order valence-electron chi connectivity index (χ0n) is 18.2. The standard InChI is InChI=1S/C24H22F3N3O4/c1-3-10-28-22(32)19-13-30(12-18-9-4-15(2)34-18)14-20(21(19)31)23(33)29-11-16-5-7-17(8-6-16)24(25,26)27/h3-9,13-14H,1,10-12H2,2H3,(H,28,32)(H,29,33). The smallest absolute Gasteiger partial charge is 0.416 e. The van der Waals surface area contributed by atoms with Crippen LogP contribution >= 0.6 is 0 Å². The number of aromatic nitrogens is 1. The average molecular weight is 473 g/mol. The van der Waals surface area contributed by atoms with Gasteiger partial charge >= 0.3 is 6.18 Å². The van der Waals surface area contributed by atoms with Gasteiger partial charge in [0.25, 0.3) is 11.8 Å². The highest BCUT2D eigenvalue weighted by Crippen LogP contribution is 2.29. The van der Waals surface area contributed by atoms with E-state index in [1.54, 1.807) is 19.1 Å². The van der Waals surface area contributed by atoms with Crippen molar-refractivity contribution >= 4 is 11.8 Å². The molecule has 2 aromatic heterocycles. The van der Waals surface area contributed by atoms with Crippen LogP contribution in [-0.4, -0.2) is 22.9 Å². The van der Waals surface area contributed by atoms with Gasteiger partial charge in [0.05, 0.1) is 12.1 Å². The van der Waals surface area contributed by atoms with E-state index in [1.165, 1.54) is 35.2 Å². The van der Waals surface area contributed by atoms with Crippen molar-refractivity contribution in [1.82, 2.24) is 15.2 Å². The number of furan rings is 1. The molecule has 2 N–H and O–H groups in total. The van der Waals surface area contributed by atoms with Crippen LogP contribution in [0.1, 0.15) is 43.4 Å². The number of pyridine rings is 1. The Balaban J connectivity index is 1.86. The van der Waals surface area contributed by atoms with Crippen LogP contribution in [0.5, 0.6) is 0 Å². The maximum Gasteiger partial charge on any atom is 0.416 e. The molecular weight excluding hydrogens is 451 g/mol. The van der Waals surface area contributed by atoms with Gasteiger partial charge in [-0.3, -0.25) is 14.4 Å². The third-order valence-electron chi connectivity index (χ3n) is 4.84. The van der Waals surface area contributed by atoms with Crippen molar-refractivity contribution in [2.75, 3.05) is 6.54 Å². The fraction of sp³-hybridized carbons (Fsp3) is 0.208. The van der Waals surface area contributed by atoms with Crippen LogP contribution in [0.4, 0.5) is 13.2 Å². The Morgan fingerprint density at radius 1 is 1.03 bits per heavy atom. The highest BCUT2D eigenvalue weighted by molar-refractivity contribution is 5.99. The number of benzene rings is 1. The van der Waals surface area contributed by atoms with Crippen LogP contribution in [0.25, 0.3) is 0 Å². The molecule has 1 aromatic carbocycles. The van der Waals surface area contributed by atoms with Crippen molar-refractivity contribution in [3.05, 3.63) is 105 Å². The van der Waals surface area contributed by atoms with E-state index < -0.39 is 29.0 Å². The minimum absolute atomic E-state index is 0.110. The second kappa shape index (κ2) is 10.2. The van der Waals surface area contributed by atoms with Crippen molar-refractivity contribution in [3.8, 4) is 0 Å². The zero-order chi connectivity index (χ0) is 24.9. The van der Waals surface area contributed by atoms with Crippen LogP contribution in [-0.2, 0) is 19.3 Å². The van der Waals surface area contributed by atoms with E-state index in [-0.39, 0.29) is 30.8 Å². The number of alkyl halides is 3. The molecule has 2 heterocycles. The summed E-state index contributed by atoms with van der Waals surface area (Å²) in [6, 6.07) is 7.77. The molecule has 0 spiro atoms. The molecule has 7 nitrogen and oxygen atoms in total. The third kappa shape index (κ3) is 6.03. The predicted octanol–water partition coefficient (Wildman–Crippen LogP) is 3.66. The number of amides is 2.